The Morgan fingerprint density at radius 3 is 2.30 bits per heavy atom. The number of para-hydroxylation sites is 1. The Morgan fingerprint density at radius 1 is 0.933 bits per heavy atom. The molecule has 1 aliphatic carbocycles. The third-order valence-electron chi connectivity index (χ3n) is 5.13. The molecular weight excluding hydrogens is 398 g/mol. The molecule has 0 saturated heterocycles. The van der Waals surface area contributed by atoms with E-state index < -0.39 is 11.8 Å². The molecule has 0 aliphatic heterocycles. The van der Waals surface area contributed by atoms with Crippen LogP contribution in [0.15, 0.2) is 78.9 Å². The predicted octanol–water partition coefficient (Wildman–Crippen LogP) is 6.37. The summed E-state index contributed by atoms with van der Waals surface area (Å²) in [6.45, 7) is 0. The maximum Gasteiger partial charge on any atom is 0.316 e. The third-order valence-corrected chi connectivity index (χ3v) is 5.38. The molecule has 3 aromatic rings. The summed E-state index contributed by atoms with van der Waals surface area (Å²) in [7, 11) is 0. The maximum absolute atomic E-state index is 13.0. The molecule has 1 saturated carbocycles. The minimum Gasteiger partial charge on any atom is -0.457 e. The molecule has 0 amide bonds. The van der Waals surface area contributed by atoms with Crippen LogP contribution in [0, 0.1) is 23.2 Å². The molecular formula is C25H20ClNO3. The van der Waals surface area contributed by atoms with Crippen LogP contribution >= 0.6 is 11.6 Å². The number of esters is 1. The molecule has 0 spiro atoms. The highest BCUT2D eigenvalue weighted by atomic mass is 35.5. The first kappa shape index (κ1) is 20.0. The lowest BCUT2D eigenvalue weighted by Gasteiger charge is -2.21. The molecule has 0 heterocycles. The number of hydrogen-bond acceptors (Lipinski definition) is 4. The van der Waals surface area contributed by atoms with E-state index in [1.165, 1.54) is 0 Å². The Hall–Kier alpha value is -3.29. The number of ether oxygens (including phenoxy) is 2. The first-order valence-electron chi connectivity index (χ1n) is 9.84. The van der Waals surface area contributed by atoms with Crippen LogP contribution in [0.1, 0.15) is 24.3 Å². The second-order valence-electron chi connectivity index (χ2n) is 7.33. The van der Waals surface area contributed by atoms with Crippen molar-refractivity contribution in [2.24, 2.45) is 11.8 Å². The Bertz CT molecular complexity index is 1060. The minimum atomic E-state index is -0.614. The maximum atomic E-state index is 13.0. The second-order valence-corrected chi connectivity index (χ2v) is 7.77. The van der Waals surface area contributed by atoms with Gasteiger partial charge < -0.3 is 9.47 Å². The zero-order chi connectivity index (χ0) is 20.9. The number of hydrogen-bond donors (Lipinski definition) is 0. The number of benzene rings is 3. The SMILES string of the molecule is N#CC(c1cccc(Oc2ccccc2)c1)C(C(=O)Oc1ccc(Cl)cc1)C1CC1. The van der Waals surface area contributed by atoms with Crippen LogP contribution in [0.4, 0.5) is 0 Å². The Balaban J connectivity index is 1.56. The molecule has 0 aromatic heterocycles. The van der Waals surface area contributed by atoms with E-state index in [4.69, 9.17) is 21.1 Å². The summed E-state index contributed by atoms with van der Waals surface area (Å²) < 4.78 is 11.5. The molecule has 0 N–H and O–H groups in total. The Morgan fingerprint density at radius 2 is 1.63 bits per heavy atom. The van der Waals surface area contributed by atoms with E-state index in [9.17, 15) is 10.1 Å². The lowest BCUT2D eigenvalue weighted by molar-refractivity contribution is -0.140. The van der Waals surface area contributed by atoms with Crippen molar-refractivity contribution in [3.05, 3.63) is 89.4 Å². The van der Waals surface area contributed by atoms with E-state index in [2.05, 4.69) is 6.07 Å². The average molecular weight is 418 g/mol. The van der Waals surface area contributed by atoms with Gasteiger partial charge in [0.1, 0.15) is 17.2 Å². The van der Waals surface area contributed by atoms with Crippen molar-refractivity contribution in [1.29, 1.82) is 5.26 Å². The fraction of sp³-hybridized carbons (Fsp3) is 0.200. The van der Waals surface area contributed by atoms with E-state index >= 15 is 0 Å². The first-order valence-corrected chi connectivity index (χ1v) is 10.2. The standard InChI is InChI=1S/C25H20ClNO3/c26-19-11-13-21(14-12-19)30-25(28)24(17-9-10-17)23(16-27)18-5-4-8-22(15-18)29-20-6-2-1-3-7-20/h1-8,11-15,17,23-24H,9-10H2. The molecule has 5 heteroatoms. The van der Waals surface area contributed by atoms with Crippen LogP contribution in [0.5, 0.6) is 17.2 Å². The smallest absolute Gasteiger partial charge is 0.316 e. The Kier molecular flexibility index (Phi) is 6.02. The van der Waals surface area contributed by atoms with Gasteiger partial charge in [-0.1, -0.05) is 41.9 Å². The quantitative estimate of drug-likeness (QED) is 0.331. The van der Waals surface area contributed by atoms with Crippen LogP contribution in [-0.2, 0) is 4.79 Å². The van der Waals surface area contributed by atoms with Gasteiger partial charge in [-0.3, -0.25) is 4.79 Å². The summed E-state index contributed by atoms with van der Waals surface area (Å²) in [4.78, 5) is 13.0. The van der Waals surface area contributed by atoms with Gasteiger partial charge in [0.25, 0.3) is 0 Å². The highest BCUT2D eigenvalue weighted by Gasteiger charge is 2.43. The summed E-state index contributed by atoms with van der Waals surface area (Å²) >= 11 is 5.90. The summed E-state index contributed by atoms with van der Waals surface area (Å²) in [6.07, 6.45) is 1.83. The normalized spacial score (nSPS) is 14.9. The zero-order valence-electron chi connectivity index (χ0n) is 16.2. The summed E-state index contributed by atoms with van der Waals surface area (Å²) in [6, 6.07) is 25.8. The van der Waals surface area contributed by atoms with Gasteiger partial charge in [0.15, 0.2) is 0 Å². The molecule has 2 unspecified atom stereocenters. The summed E-state index contributed by atoms with van der Waals surface area (Å²) in [5.74, 6) is 0.375. The van der Waals surface area contributed by atoms with Gasteiger partial charge in [-0.2, -0.15) is 5.26 Å². The van der Waals surface area contributed by atoms with Gasteiger partial charge in [0.2, 0.25) is 0 Å². The van der Waals surface area contributed by atoms with E-state index in [0.717, 1.165) is 18.4 Å². The average Bonchev–Trinajstić information content (AvgIpc) is 3.59. The number of carbonyl (C=O) groups excluding carboxylic acids is 1. The lowest BCUT2D eigenvalue weighted by Crippen LogP contribution is -2.28. The van der Waals surface area contributed by atoms with Crippen LogP contribution in [-0.4, -0.2) is 5.97 Å². The third kappa shape index (κ3) is 4.82. The van der Waals surface area contributed by atoms with Crippen molar-refractivity contribution in [2.75, 3.05) is 0 Å². The lowest BCUT2D eigenvalue weighted by atomic mass is 9.83. The fourth-order valence-corrected chi connectivity index (χ4v) is 3.63. The monoisotopic (exact) mass is 417 g/mol. The van der Waals surface area contributed by atoms with Crippen LogP contribution in [0.2, 0.25) is 5.02 Å². The number of nitriles is 1. The highest BCUT2D eigenvalue weighted by Crippen LogP contribution is 2.45. The van der Waals surface area contributed by atoms with Gasteiger partial charge in [-0.15, -0.1) is 0 Å². The number of halogens is 1. The molecule has 1 fully saturated rings. The Labute approximate surface area is 180 Å². The molecule has 1 aliphatic rings. The van der Waals surface area contributed by atoms with Gasteiger partial charge in [-0.05, 0) is 72.9 Å². The summed E-state index contributed by atoms with van der Waals surface area (Å²) in [5.41, 5.74) is 0.746. The van der Waals surface area contributed by atoms with Crippen LogP contribution in [0.3, 0.4) is 0 Å². The van der Waals surface area contributed by atoms with Crippen molar-refractivity contribution in [3.8, 4) is 23.3 Å². The van der Waals surface area contributed by atoms with Crippen molar-refractivity contribution < 1.29 is 14.3 Å². The van der Waals surface area contributed by atoms with Crippen molar-refractivity contribution >= 4 is 17.6 Å². The van der Waals surface area contributed by atoms with E-state index in [1.54, 1.807) is 24.3 Å². The van der Waals surface area contributed by atoms with Crippen molar-refractivity contribution in [1.82, 2.24) is 0 Å². The molecule has 150 valence electrons. The van der Waals surface area contributed by atoms with Gasteiger partial charge >= 0.3 is 5.97 Å². The molecule has 30 heavy (non-hydrogen) atoms. The highest BCUT2D eigenvalue weighted by molar-refractivity contribution is 6.30. The molecule has 4 nitrogen and oxygen atoms in total. The van der Waals surface area contributed by atoms with E-state index in [-0.39, 0.29) is 11.9 Å². The predicted molar refractivity (Wildman–Crippen MR) is 115 cm³/mol. The second kappa shape index (κ2) is 9.02. The van der Waals surface area contributed by atoms with Crippen molar-refractivity contribution in [2.45, 2.75) is 18.8 Å². The molecule has 0 radical (unpaired) electrons. The first-order chi connectivity index (χ1) is 14.6. The number of carbonyl (C=O) groups is 1. The van der Waals surface area contributed by atoms with Crippen LogP contribution in [0.25, 0.3) is 0 Å². The number of nitrogens with zero attached hydrogens (tertiary/aromatic N) is 1. The molecule has 3 aromatic carbocycles. The zero-order valence-corrected chi connectivity index (χ0v) is 17.0. The van der Waals surface area contributed by atoms with Gasteiger partial charge in [0, 0.05) is 5.02 Å². The minimum absolute atomic E-state index is 0.146. The fourth-order valence-electron chi connectivity index (χ4n) is 3.50. The van der Waals surface area contributed by atoms with Gasteiger partial charge in [-0.25, -0.2) is 0 Å². The summed E-state index contributed by atoms with van der Waals surface area (Å²) in [5, 5.41) is 10.5. The van der Waals surface area contributed by atoms with E-state index in [1.807, 2.05) is 54.6 Å². The number of rotatable bonds is 7. The topological polar surface area (TPSA) is 59.3 Å². The molecule has 2 atom stereocenters. The van der Waals surface area contributed by atoms with E-state index in [0.29, 0.717) is 22.3 Å². The van der Waals surface area contributed by atoms with Crippen LogP contribution < -0.4 is 9.47 Å². The molecule has 0 bridgehead atoms. The molecule has 4 rings (SSSR count). The van der Waals surface area contributed by atoms with Gasteiger partial charge in [0.05, 0.1) is 17.9 Å². The van der Waals surface area contributed by atoms with Crippen molar-refractivity contribution in [3.63, 3.8) is 0 Å². The largest absolute Gasteiger partial charge is 0.457 e.